The number of nitrogens with one attached hydrogen (secondary N) is 1. The predicted molar refractivity (Wildman–Crippen MR) is 71.4 cm³/mol. The molecule has 0 saturated heterocycles. The normalized spacial score (nSPS) is 15.4. The van der Waals surface area contributed by atoms with Crippen LogP contribution < -0.4 is 11.1 Å². The molecule has 0 fully saturated rings. The minimum absolute atomic E-state index is 0.0692. The van der Waals surface area contributed by atoms with Crippen LogP contribution in [0.2, 0.25) is 0 Å². The topological polar surface area (TPSA) is 72.9 Å². The van der Waals surface area contributed by atoms with Gasteiger partial charge in [0.15, 0.2) is 0 Å². The molecule has 21 heavy (non-hydrogen) atoms. The first-order valence-corrected chi connectivity index (χ1v) is 6.32. The number of carbonyl (C=O) groups is 1. The van der Waals surface area contributed by atoms with Gasteiger partial charge in [0, 0.05) is 19.2 Å². The summed E-state index contributed by atoms with van der Waals surface area (Å²) < 4.78 is 39.9. The van der Waals surface area contributed by atoms with Gasteiger partial charge in [-0.05, 0) is 18.4 Å². The number of hydrogen-bond acceptors (Lipinski definition) is 3. The highest BCUT2D eigenvalue weighted by Gasteiger charge is 2.35. The molecule has 0 atom stereocenters. The van der Waals surface area contributed by atoms with E-state index in [2.05, 4.69) is 10.4 Å². The third-order valence-electron chi connectivity index (χ3n) is 3.28. The van der Waals surface area contributed by atoms with Gasteiger partial charge < -0.3 is 11.1 Å². The van der Waals surface area contributed by atoms with E-state index in [0.29, 0.717) is 6.42 Å². The van der Waals surface area contributed by atoms with E-state index in [4.69, 9.17) is 5.73 Å². The van der Waals surface area contributed by atoms with Crippen molar-refractivity contribution in [3.8, 4) is 0 Å². The number of aromatic nitrogens is 2. The third kappa shape index (κ3) is 3.26. The summed E-state index contributed by atoms with van der Waals surface area (Å²) in [5.41, 5.74) is 5.27. The highest BCUT2D eigenvalue weighted by molar-refractivity contribution is 5.98. The Morgan fingerprint density at radius 3 is 2.81 bits per heavy atom. The van der Waals surface area contributed by atoms with E-state index in [1.807, 2.05) is 0 Å². The third-order valence-corrected chi connectivity index (χ3v) is 3.28. The van der Waals surface area contributed by atoms with Crippen LogP contribution in [0.1, 0.15) is 23.2 Å². The lowest BCUT2D eigenvalue weighted by atomic mass is 9.97. The lowest BCUT2D eigenvalue weighted by molar-refractivity contribution is -0.0948. The van der Waals surface area contributed by atoms with Crippen molar-refractivity contribution >= 4 is 11.7 Å². The SMILES string of the molecule is Cn1ncc(C(=O)NCC2=C(C(F)(F)F)CCC=C2)c1N. The van der Waals surface area contributed by atoms with Gasteiger partial charge >= 0.3 is 6.18 Å². The largest absolute Gasteiger partial charge is 0.413 e. The summed E-state index contributed by atoms with van der Waals surface area (Å²) in [6, 6.07) is 0. The fourth-order valence-corrected chi connectivity index (χ4v) is 2.10. The standard InChI is InChI=1S/C13H15F3N4O/c1-20-11(17)9(7-19-20)12(21)18-6-8-4-2-3-5-10(8)13(14,15)16/h2,4,7H,3,5-6,17H2,1H3,(H,18,21). The Morgan fingerprint density at radius 2 is 2.24 bits per heavy atom. The fourth-order valence-electron chi connectivity index (χ4n) is 2.10. The van der Waals surface area contributed by atoms with Crippen LogP contribution in [0.15, 0.2) is 29.5 Å². The summed E-state index contributed by atoms with van der Waals surface area (Å²) in [5.74, 6) is -0.384. The molecule has 0 spiro atoms. The van der Waals surface area contributed by atoms with E-state index in [1.165, 1.54) is 17.0 Å². The number of nitrogen functional groups attached to an aromatic ring is 1. The number of nitrogens with zero attached hydrogens (tertiary/aromatic N) is 2. The van der Waals surface area contributed by atoms with E-state index in [9.17, 15) is 18.0 Å². The van der Waals surface area contributed by atoms with Gasteiger partial charge in [0.05, 0.1) is 6.20 Å². The summed E-state index contributed by atoms with van der Waals surface area (Å²) in [6.07, 6.45) is 0.245. The molecule has 3 N–H and O–H groups in total. The number of halogens is 3. The fraction of sp³-hybridized carbons (Fsp3) is 0.385. The van der Waals surface area contributed by atoms with Crippen LogP contribution in [-0.2, 0) is 7.05 Å². The van der Waals surface area contributed by atoms with Crippen molar-refractivity contribution < 1.29 is 18.0 Å². The van der Waals surface area contributed by atoms with Crippen LogP contribution in [0.25, 0.3) is 0 Å². The van der Waals surface area contributed by atoms with Crippen LogP contribution in [0.3, 0.4) is 0 Å². The van der Waals surface area contributed by atoms with Gasteiger partial charge in [-0.25, -0.2) is 0 Å². The van der Waals surface area contributed by atoms with Crippen LogP contribution in [0.5, 0.6) is 0 Å². The average molecular weight is 300 g/mol. The number of hydrogen-bond donors (Lipinski definition) is 2. The molecule has 2 rings (SSSR count). The number of allylic oxidation sites excluding steroid dienone is 2. The molecule has 1 aliphatic rings. The maximum Gasteiger partial charge on any atom is 0.413 e. The molecule has 1 aliphatic carbocycles. The van der Waals surface area contributed by atoms with Gasteiger partial charge in [-0.15, -0.1) is 0 Å². The number of aryl methyl sites for hydroxylation is 1. The summed E-state index contributed by atoms with van der Waals surface area (Å²) in [7, 11) is 1.57. The summed E-state index contributed by atoms with van der Waals surface area (Å²) >= 11 is 0. The van der Waals surface area contributed by atoms with Crippen molar-refractivity contribution in [2.45, 2.75) is 19.0 Å². The zero-order valence-corrected chi connectivity index (χ0v) is 11.4. The van der Waals surface area contributed by atoms with Crippen LogP contribution >= 0.6 is 0 Å². The summed E-state index contributed by atoms with van der Waals surface area (Å²) in [4.78, 5) is 11.9. The Kier molecular flexibility index (Phi) is 4.06. The van der Waals surface area contributed by atoms with Crippen LogP contribution in [-0.4, -0.2) is 28.4 Å². The van der Waals surface area contributed by atoms with Crippen molar-refractivity contribution in [3.05, 3.63) is 35.1 Å². The second kappa shape index (κ2) is 5.63. The molecule has 0 radical (unpaired) electrons. The molecule has 1 aromatic rings. The Hall–Kier alpha value is -2.25. The Labute approximate surface area is 119 Å². The molecule has 114 valence electrons. The Balaban J connectivity index is 2.11. The molecular weight excluding hydrogens is 285 g/mol. The summed E-state index contributed by atoms with van der Waals surface area (Å²) in [6.45, 7) is -0.196. The molecule has 0 saturated carbocycles. The second-order valence-electron chi connectivity index (χ2n) is 4.69. The monoisotopic (exact) mass is 300 g/mol. The first-order valence-electron chi connectivity index (χ1n) is 6.32. The first kappa shape index (κ1) is 15.1. The first-order chi connectivity index (χ1) is 9.80. The number of carbonyl (C=O) groups excluding carboxylic acids is 1. The Bertz CT molecular complexity index is 613. The van der Waals surface area contributed by atoms with E-state index in [-0.39, 0.29) is 29.9 Å². The highest BCUT2D eigenvalue weighted by atomic mass is 19.4. The van der Waals surface area contributed by atoms with Crippen molar-refractivity contribution in [3.63, 3.8) is 0 Å². The molecule has 0 bridgehead atoms. The van der Waals surface area contributed by atoms with E-state index < -0.39 is 17.7 Å². The molecule has 1 aromatic heterocycles. The van der Waals surface area contributed by atoms with E-state index in [1.54, 1.807) is 13.1 Å². The van der Waals surface area contributed by atoms with Gasteiger partial charge in [0.25, 0.3) is 5.91 Å². The van der Waals surface area contributed by atoms with Gasteiger partial charge in [-0.1, -0.05) is 12.2 Å². The minimum atomic E-state index is -4.38. The molecule has 0 unspecified atom stereocenters. The number of nitrogens with two attached hydrogens (primary N) is 1. The molecule has 5 nitrogen and oxygen atoms in total. The summed E-state index contributed by atoms with van der Waals surface area (Å²) in [5, 5.41) is 6.25. The van der Waals surface area contributed by atoms with Crippen LogP contribution in [0.4, 0.5) is 19.0 Å². The van der Waals surface area contributed by atoms with Crippen molar-refractivity contribution in [1.82, 2.24) is 15.1 Å². The second-order valence-corrected chi connectivity index (χ2v) is 4.69. The lowest BCUT2D eigenvalue weighted by Crippen LogP contribution is -2.28. The average Bonchev–Trinajstić information content (AvgIpc) is 2.76. The zero-order valence-electron chi connectivity index (χ0n) is 11.4. The predicted octanol–water partition coefficient (Wildman–Crippen LogP) is 1.94. The molecule has 8 heteroatoms. The minimum Gasteiger partial charge on any atom is -0.383 e. The molecule has 1 amide bonds. The van der Waals surface area contributed by atoms with Crippen molar-refractivity contribution in [2.75, 3.05) is 12.3 Å². The lowest BCUT2D eigenvalue weighted by Gasteiger charge is -2.19. The maximum absolute atomic E-state index is 12.9. The molecule has 1 heterocycles. The van der Waals surface area contributed by atoms with Gasteiger partial charge in [0.2, 0.25) is 0 Å². The van der Waals surface area contributed by atoms with Gasteiger partial charge in [0.1, 0.15) is 11.4 Å². The Morgan fingerprint density at radius 1 is 1.52 bits per heavy atom. The molecule has 0 aromatic carbocycles. The van der Waals surface area contributed by atoms with Crippen LogP contribution in [0, 0.1) is 0 Å². The molecule has 0 aliphatic heterocycles. The van der Waals surface area contributed by atoms with E-state index in [0.717, 1.165) is 0 Å². The quantitative estimate of drug-likeness (QED) is 0.896. The highest BCUT2D eigenvalue weighted by Crippen LogP contribution is 2.34. The van der Waals surface area contributed by atoms with Crippen molar-refractivity contribution in [1.29, 1.82) is 0 Å². The van der Waals surface area contributed by atoms with Gasteiger partial charge in [-0.3, -0.25) is 9.48 Å². The number of rotatable bonds is 3. The number of amides is 1. The zero-order chi connectivity index (χ0) is 15.6. The molecular formula is C13H15F3N4O. The smallest absolute Gasteiger partial charge is 0.383 e. The number of alkyl halides is 3. The van der Waals surface area contributed by atoms with Gasteiger partial charge in [-0.2, -0.15) is 18.3 Å². The number of anilines is 1. The maximum atomic E-state index is 12.9. The van der Waals surface area contributed by atoms with E-state index >= 15 is 0 Å². The van der Waals surface area contributed by atoms with Crippen molar-refractivity contribution in [2.24, 2.45) is 7.05 Å².